The zero-order valence-electron chi connectivity index (χ0n) is 11.8. The normalized spacial score (nSPS) is 19.6. The van der Waals surface area contributed by atoms with E-state index in [9.17, 15) is 23.1 Å². The van der Waals surface area contributed by atoms with Crippen LogP contribution in [0.15, 0.2) is 18.2 Å². The summed E-state index contributed by atoms with van der Waals surface area (Å²) in [6.45, 7) is 2.69. The summed E-state index contributed by atoms with van der Waals surface area (Å²) in [6.07, 6.45) is -0.750. The molecule has 0 saturated carbocycles. The lowest BCUT2D eigenvalue weighted by atomic mass is 9.97. The predicted octanol–water partition coefficient (Wildman–Crippen LogP) is 4.17. The van der Waals surface area contributed by atoms with Crippen LogP contribution in [0.5, 0.6) is 0 Å². The van der Waals surface area contributed by atoms with Gasteiger partial charge in [0.25, 0.3) is 0 Å². The molecule has 1 aliphatic heterocycles. The van der Waals surface area contributed by atoms with Gasteiger partial charge in [-0.25, -0.2) is 4.79 Å². The fraction of sp³-hybridized carbons (Fsp3) is 0.533. The predicted molar refractivity (Wildman–Crippen MR) is 73.7 cm³/mol. The lowest BCUT2D eigenvalue weighted by Crippen LogP contribution is -2.40. The first-order valence-corrected chi connectivity index (χ1v) is 7.05. The standard InChI is InChI=1S/C15H18F3NO2/c1-2-11-5-3-4-8-19(11)13-7-6-10(15(16,17)18)9-12(13)14(20)21/h6-7,9,11H,2-5,8H2,1H3,(H,20,21). The number of benzene rings is 1. The molecule has 116 valence electrons. The maximum absolute atomic E-state index is 12.7. The molecule has 1 N–H and O–H groups in total. The van der Waals surface area contributed by atoms with Gasteiger partial charge in [-0.15, -0.1) is 0 Å². The Labute approximate surface area is 121 Å². The maximum atomic E-state index is 12.7. The van der Waals surface area contributed by atoms with Crippen LogP contribution in [-0.4, -0.2) is 23.7 Å². The van der Waals surface area contributed by atoms with Crippen molar-refractivity contribution < 1.29 is 23.1 Å². The SMILES string of the molecule is CCC1CCCCN1c1ccc(C(F)(F)F)cc1C(=O)O. The Balaban J connectivity index is 2.45. The molecule has 21 heavy (non-hydrogen) atoms. The molecular formula is C15H18F3NO2. The number of anilines is 1. The molecule has 0 aliphatic carbocycles. The maximum Gasteiger partial charge on any atom is 0.416 e. The number of aromatic carboxylic acids is 1. The number of halogens is 3. The molecule has 0 aromatic heterocycles. The van der Waals surface area contributed by atoms with E-state index in [1.165, 1.54) is 6.07 Å². The van der Waals surface area contributed by atoms with Crippen LogP contribution in [0.25, 0.3) is 0 Å². The van der Waals surface area contributed by atoms with Crippen LogP contribution >= 0.6 is 0 Å². The molecule has 1 aliphatic rings. The number of nitrogens with zero attached hydrogens (tertiary/aromatic N) is 1. The van der Waals surface area contributed by atoms with E-state index in [4.69, 9.17) is 0 Å². The minimum absolute atomic E-state index is 0.189. The Hall–Kier alpha value is -1.72. The van der Waals surface area contributed by atoms with Gasteiger partial charge < -0.3 is 10.0 Å². The van der Waals surface area contributed by atoms with Crippen LogP contribution < -0.4 is 4.90 Å². The molecule has 1 aromatic rings. The fourth-order valence-corrected chi connectivity index (χ4v) is 2.88. The quantitative estimate of drug-likeness (QED) is 0.910. The summed E-state index contributed by atoms with van der Waals surface area (Å²) in [5.74, 6) is -1.32. The van der Waals surface area contributed by atoms with Crippen LogP contribution in [0.4, 0.5) is 18.9 Å². The van der Waals surface area contributed by atoms with Crippen molar-refractivity contribution in [3.8, 4) is 0 Å². The van der Waals surface area contributed by atoms with Crippen molar-refractivity contribution in [1.29, 1.82) is 0 Å². The monoisotopic (exact) mass is 301 g/mol. The smallest absolute Gasteiger partial charge is 0.416 e. The number of carboxylic acids is 1. The number of rotatable bonds is 3. The molecule has 1 unspecified atom stereocenters. The van der Waals surface area contributed by atoms with E-state index in [1.807, 2.05) is 11.8 Å². The molecule has 0 spiro atoms. The topological polar surface area (TPSA) is 40.5 Å². The second-order valence-electron chi connectivity index (χ2n) is 5.29. The second kappa shape index (κ2) is 5.95. The van der Waals surface area contributed by atoms with E-state index in [-0.39, 0.29) is 11.6 Å². The van der Waals surface area contributed by atoms with Crippen molar-refractivity contribution in [3.05, 3.63) is 29.3 Å². The highest BCUT2D eigenvalue weighted by atomic mass is 19.4. The van der Waals surface area contributed by atoms with Gasteiger partial charge in [-0.2, -0.15) is 13.2 Å². The summed E-state index contributed by atoms with van der Waals surface area (Å²) in [4.78, 5) is 13.3. The summed E-state index contributed by atoms with van der Waals surface area (Å²) < 4.78 is 38.2. The van der Waals surface area contributed by atoms with Crippen molar-refractivity contribution in [3.63, 3.8) is 0 Å². The fourth-order valence-electron chi connectivity index (χ4n) is 2.88. The van der Waals surface area contributed by atoms with Gasteiger partial charge in [0, 0.05) is 12.6 Å². The summed E-state index contributed by atoms with van der Waals surface area (Å²) in [7, 11) is 0. The second-order valence-corrected chi connectivity index (χ2v) is 5.29. The molecule has 0 amide bonds. The molecule has 1 atom stereocenters. The molecule has 1 heterocycles. The Morgan fingerprint density at radius 3 is 2.67 bits per heavy atom. The van der Waals surface area contributed by atoms with Crippen molar-refractivity contribution in [2.45, 2.75) is 44.8 Å². The Morgan fingerprint density at radius 2 is 2.10 bits per heavy atom. The zero-order valence-corrected chi connectivity index (χ0v) is 11.8. The third-order valence-corrected chi connectivity index (χ3v) is 3.96. The number of hydrogen-bond acceptors (Lipinski definition) is 2. The van der Waals surface area contributed by atoms with Gasteiger partial charge in [0.05, 0.1) is 16.8 Å². The van der Waals surface area contributed by atoms with Gasteiger partial charge in [-0.3, -0.25) is 0 Å². The van der Waals surface area contributed by atoms with Gasteiger partial charge in [-0.1, -0.05) is 6.92 Å². The van der Waals surface area contributed by atoms with Crippen LogP contribution in [-0.2, 0) is 6.18 Å². The van der Waals surface area contributed by atoms with Gasteiger partial charge in [0.2, 0.25) is 0 Å². The Morgan fingerprint density at radius 1 is 1.38 bits per heavy atom. The van der Waals surface area contributed by atoms with E-state index in [0.717, 1.165) is 37.8 Å². The van der Waals surface area contributed by atoms with Crippen LogP contribution in [0.1, 0.15) is 48.5 Å². The van der Waals surface area contributed by atoms with E-state index in [0.29, 0.717) is 12.2 Å². The lowest BCUT2D eigenvalue weighted by molar-refractivity contribution is -0.137. The highest BCUT2D eigenvalue weighted by Crippen LogP contribution is 2.35. The summed E-state index contributed by atoms with van der Waals surface area (Å²) >= 11 is 0. The zero-order chi connectivity index (χ0) is 15.6. The summed E-state index contributed by atoms with van der Waals surface area (Å²) in [5.41, 5.74) is -0.805. The van der Waals surface area contributed by atoms with Crippen molar-refractivity contribution in [2.75, 3.05) is 11.4 Å². The van der Waals surface area contributed by atoms with Crippen molar-refractivity contribution >= 4 is 11.7 Å². The molecular weight excluding hydrogens is 283 g/mol. The average Bonchev–Trinajstić information content (AvgIpc) is 2.45. The van der Waals surface area contributed by atoms with Gasteiger partial charge >= 0.3 is 12.1 Å². The molecule has 0 bridgehead atoms. The van der Waals surface area contributed by atoms with Crippen molar-refractivity contribution in [1.82, 2.24) is 0 Å². The van der Waals surface area contributed by atoms with E-state index >= 15 is 0 Å². The van der Waals surface area contributed by atoms with E-state index < -0.39 is 17.7 Å². The van der Waals surface area contributed by atoms with E-state index in [1.54, 1.807) is 0 Å². The third kappa shape index (κ3) is 3.31. The highest BCUT2D eigenvalue weighted by Gasteiger charge is 2.33. The van der Waals surface area contributed by atoms with E-state index in [2.05, 4.69) is 0 Å². The number of carboxylic acid groups (broad SMARTS) is 1. The Kier molecular flexibility index (Phi) is 4.44. The minimum Gasteiger partial charge on any atom is -0.478 e. The molecule has 1 fully saturated rings. The molecule has 1 saturated heterocycles. The summed E-state index contributed by atoms with van der Waals surface area (Å²) in [5, 5.41) is 9.25. The first-order chi connectivity index (χ1) is 9.84. The molecule has 0 radical (unpaired) electrons. The summed E-state index contributed by atoms with van der Waals surface area (Å²) in [6, 6.07) is 3.18. The molecule has 6 heteroatoms. The van der Waals surface area contributed by atoms with Crippen molar-refractivity contribution in [2.24, 2.45) is 0 Å². The Bertz CT molecular complexity index is 528. The first-order valence-electron chi connectivity index (χ1n) is 7.05. The highest BCUT2D eigenvalue weighted by molar-refractivity contribution is 5.95. The third-order valence-electron chi connectivity index (χ3n) is 3.96. The van der Waals surface area contributed by atoms with Crippen LogP contribution in [0.3, 0.4) is 0 Å². The van der Waals surface area contributed by atoms with Gasteiger partial charge in [-0.05, 0) is 43.9 Å². The average molecular weight is 301 g/mol. The number of carbonyl (C=O) groups is 1. The van der Waals surface area contributed by atoms with Gasteiger partial charge in [0.1, 0.15) is 0 Å². The number of hydrogen-bond donors (Lipinski definition) is 1. The largest absolute Gasteiger partial charge is 0.478 e. The molecule has 1 aromatic carbocycles. The molecule has 2 rings (SSSR count). The first kappa shape index (κ1) is 15.7. The number of alkyl halides is 3. The van der Waals surface area contributed by atoms with Crippen LogP contribution in [0.2, 0.25) is 0 Å². The minimum atomic E-state index is -4.53. The van der Waals surface area contributed by atoms with Gasteiger partial charge in [0.15, 0.2) is 0 Å². The van der Waals surface area contributed by atoms with Crippen LogP contribution in [0, 0.1) is 0 Å². The molecule has 3 nitrogen and oxygen atoms in total. The lowest BCUT2D eigenvalue weighted by Gasteiger charge is -2.38. The number of piperidine rings is 1.